The van der Waals surface area contributed by atoms with Crippen molar-refractivity contribution < 1.29 is 42.5 Å². The van der Waals surface area contributed by atoms with Gasteiger partial charge in [0.25, 0.3) is 0 Å². The molecule has 3 aliphatic carbocycles. The third-order valence-corrected chi connectivity index (χ3v) is 13.1. The Kier molecular flexibility index (Phi) is 38.7. The molecule has 0 saturated heterocycles. The van der Waals surface area contributed by atoms with Gasteiger partial charge in [0.2, 0.25) is 0 Å². The van der Waals surface area contributed by atoms with Gasteiger partial charge in [-0.2, -0.15) is 30.5 Å². The number of ether oxygens (including phenoxy) is 1. The molecule has 0 bridgehead atoms. The summed E-state index contributed by atoms with van der Waals surface area (Å²) in [6, 6.07) is 10.5. The number of hydrogen-bond acceptors (Lipinski definition) is 2. The Hall–Kier alpha value is 1.02. The van der Waals surface area contributed by atoms with Gasteiger partial charge in [0.05, 0.1) is 17.0 Å². The van der Waals surface area contributed by atoms with Crippen LogP contribution in [0.15, 0.2) is 30.3 Å². The second kappa shape index (κ2) is 32.4. The molecule has 0 heterocycles. The van der Waals surface area contributed by atoms with E-state index in [0.717, 1.165) is 19.6 Å². The average molecular weight is 737 g/mol. The minimum absolute atomic E-state index is 0. The third-order valence-electron chi connectivity index (χ3n) is 8.57. The molecule has 4 rings (SSSR count). The van der Waals surface area contributed by atoms with Crippen LogP contribution < -0.4 is 0 Å². The molecule has 1 radical (unpaired) electrons. The van der Waals surface area contributed by atoms with E-state index in [2.05, 4.69) is 44.5 Å². The van der Waals surface area contributed by atoms with Crippen LogP contribution in [-0.4, -0.2) is 30.2 Å². The largest absolute Gasteiger partial charge is 3.00 e. The first-order chi connectivity index (χ1) is 17.7. The van der Waals surface area contributed by atoms with Crippen molar-refractivity contribution in [2.24, 2.45) is 5.92 Å². The van der Waals surface area contributed by atoms with Gasteiger partial charge in [-0.25, -0.2) is 0 Å². The van der Waals surface area contributed by atoms with E-state index < -0.39 is 0 Å². The van der Waals surface area contributed by atoms with Crippen LogP contribution in [0.2, 0.25) is 0 Å². The van der Waals surface area contributed by atoms with Crippen LogP contribution in [0.5, 0.6) is 0 Å². The Labute approximate surface area is 292 Å². The Bertz CT molecular complexity index is 574. The van der Waals surface area contributed by atoms with Crippen molar-refractivity contribution >= 4 is 21.4 Å². The first kappa shape index (κ1) is 48.9. The summed E-state index contributed by atoms with van der Waals surface area (Å²) >= 11 is 0. The van der Waals surface area contributed by atoms with E-state index >= 15 is 0 Å². The molecular formula is C36H67CrOPPdS+. The second-order valence-corrected chi connectivity index (χ2v) is 14.9. The fraction of sp³-hybridized carbons (Fsp3) is 0.722. The molecule has 1 aromatic carbocycles. The maximum atomic E-state index is 4.83. The van der Waals surface area contributed by atoms with E-state index in [1.807, 2.05) is 19.9 Å². The second-order valence-electron chi connectivity index (χ2n) is 11.5. The molecule has 1 aromatic rings. The van der Waals surface area contributed by atoms with Gasteiger partial charge < -0.3 is 40.0 Å². The van der Waals surface area contributed by atoms with Crippen LogP contribution >= 0.6 is 7.92 Å². The van der Waals surface area contributed by atoms with E-state index in [1.54, 1.807) is 96.3 Å². The van der Waals surface area contributed by atoms with Crippen LogP contribution in [0.1, 0.15) is 135 Å². The SMILES string of the molecule is C1CCC([PH+](C2CCCCC2)C2CCCCC2)CC1.CCOCC.[CH2-]CCC(C)[CH-]c1ccccc1.[CH3-].[CH3-].[Cr+3].[Pd+2].[SH-]. The van der Waals surface area contributed by atoms with Crippen LogP contribution in [-0.2, 0) is 56.0 Å². The standard InChI is InChI=1S/C18H33P.C12H16.C4H10O.2CH3.Cr.Pd.H2S/c1-4-10-16(11-5-1)19(17-12-6-2-7-13-17)18-14-8-3-9-15-18;1-3-7-11(2)10-12-8-5-4-6-9-12;1-3-5-4-2;;;;;/h16-18H,1-15H2;4-6,8-11H,1,3,7H2,2H3;3-4H2,1-2H3;2*1H3;;;1H2/q;-2;;2*-1;+3;+2;. The molecule has 0 spiro atoms. The maximum Gasteiger partial charge on any atom is 3.00 e. The smallest absolute Gasteiger partial charge is 0.813 e. The Balaban J connectivity index is -0.000000274. The van der Waals surface area contributed by atoms with Gasteiger partial charge in [0.1, 0.15) is 0 Å². The van der Waals surface area contributed by atoms with Gasteiger partial charge in [-0.15, -0.1) is 12.1 Å². The number of benzene rings is 1. The fourth-order valence-corrected chi connectivity index (χ4v) is 12.0. The number of thiol groups is 1. The fourth-order valence-electron chi connectivity index (χ4n) is 6.81. The molecule has 41 heavy (non-hydrogen) atoms. The van der Waals surface area contributed by atoms with Gasteiger partial charge in [0, 0.05) is 21.1 Å². The monoisotopic (exact) mass is 736 g/mol. The molecule has 0 aliphatic heterocycles. The Morgan fingerprint density at radius 2 is 1.12 bits per heavy atom. The van der Waals surface area contributed by atoms with Crippen LogP contribution in [0, 0.1) is 34.1 Å². The summed E-state index contributed by atoms with van der Waals surface area (Å²) < 4.78 is 4.83. The molecule has 3 aliphatic rings. The van der Waals surface area contributed by atoms with Gasteiger partial charge in [-0.3, -0.25) is 0 Å². The van der Waals surface area contributed by atoms with Crippen molar-refractivity contribution in [1.29, 1.82) is 0 Å². The number of rotatable bonds is 9. The average Bonchev–Trinajstić information content (AvgIpc) is 2.93. The van der Waals surface area contributed by atoms with Crippen molar-refractivity contribution in [1.82, 2.24) is 0 Å². The maximum absolute atomic E-state index is 4.83. The molecule has 0 N–H and O–H groups in total. The summed E-state index contributed by atoms with van der Waals surface area (Å²) in [5.74, 6) is 0.643. The third kappa shape index (κ3) is 21.4. The minimum Gasteiger partial charge on any atom is -0.813 e. The normalized spacial score (nSPS) is 18.1. The van der Waals surface area contributed by atoms with Crippen LogP contribution in [0.4, 0.5) is 0 Å². The van der Waals surface area contributed by atoms with Gasteiger partial charge in [-0.05, 0) is 90.9 Å². The first-order valence-electron chi connectivity index (χ1n) is 15.8. The van der Waals surface area contributed by atoms with E-state index in [0.29, 0.717) is 5.92 Å². The zero-order valence-electron chi connectivity index (χ0n) is 27.5. The molecule has 0 amide bonds. The molecule has 243 valence electrons. The van der Waals surface area contributed by atoms with E-state index in [4.69, 9.17) is 4.74 Å². The molecule has 1 nitrogen and oxygen atoms in total. The van der Waals surface area contributed by atoms with Crippen LogP contribution in [0.3, 0.4) is 0 Å². The molecule has 5 heteroatoms. The topological polar surface area (TPSA) is 9.23 Å². The molecular weight excluding hydrogens is 670 g/mol. The van der Waals surface area contributed by atoms with Crippen molar-refractivity contribution in [3.05, 3.63) is 64.1 Å². The van der Waals surface area contributed by atoms with Crippen molar-refractivity contribution in [2.75, 3.05) is 13.2 Å². The quantitative estimate of drug-likeness (QED) is 0.0821. The molecule has 3 saturated carbocycles. The minimum atomic E-state index is -0.0465. The molecule has 3 fully saturated rings. The summed E-state index contributed by atoms with van der Waals surface area (Å²) in [7, 11) is -0.0465. The Morgan fingerprint density at radius 3 is 1.41 bits per heavy atom. The van der Waals surface area contributed by atoms with Crippen LogP contribution in [0.25, 0.3) is 0 Å². The zero-order valence-corrected chi connectivity index (χ0v) is 32.2. The van der Waals surface area contributed by atoms with Crippen molar-refractivity contribution in [3.8, 4) is 0 Å². The van der Waals surface area contributed by atoms with Crippen molar-refractivity contribution in [2.45, 2.75) is 147 Å². The predicted molar refractivity (Wildman–Crippen MR) is 186 cm³/mol. The summed E-state index contributed by atoms with van der Waals surface area (Å²) in [4.78, 5) is 0. The Morgan fingerprint density at radius 1 is 0.756 bits per heavy atom. The molecule has 0 aromatic heterocycles. The van der Waals surface area contributed by atoms with E-state index in [9.17, 15) is 0 Å². The predicted octanol–water partition coefficient (Wildman–Crippen LogP) is 11.4. The van der Waals surface area contributed by atoms with Gasteiger partial charge in [0.15, 0.2) is 0 Å². The van der Waals surface area contributed by atoms with E-state index in [-0.39, 0.29) is 74.1 Å². The summed E-state index contributed by atoms with van der Waals surface area (Å²) in [6.45, 7) is 11.7. The summed E-state index contributed by atoms with van der Waals surface area (Å²) in [5, 5.41) is 0. The summed E-state index contributed by atoms with van der Waals surface area (Å²) in [5.41, 5.74) is 5.00. The van der Waals surface area contributed by atoms with Crippen molar-refractivity contribution in [3.63, 3.8) is 0 Å². The first-order valence-corrected chi connectivity index (χ1v) is 17.6. The molecule has 1 atom stereocenters. The zero-order chi connectivity index (χ0) is 25.8. The van der Waals surface area contributed by atoms with Gasteiger partial charge >= 0.3 is 37.8 Å². The number of hydrogen-bond donors (Lipinski definition) is 0. The molecule has 1 unspecified atom stereocenters. The van der Waals surface area contributed by atoms with E-state index in [1.165, 1.54) is 29.0 Å². The summed E-state index contributed by atoms with van der Waals surface area (Å²) in [6.07, 6.45) is 28.3. The van der Waals surface area contributed by atoms with Gasteiger partial charge in [-0.1, -0.05) is 44.6 Å².